The monoisotopic (exact) mass is 338 g/mol. The summed E-state index contributed by atoms with van der Waals surface area (Å²) >= 11 is 5.84. The molecule has 2 amide bonds. The van der Waals surface area contributed by atoms with Crippen LogP contribution in [-0.2, 0) is 0 Å². The van der Waals surface area contributed by atoms with Gasteiger partial charge in [-0.05, 0) is 44.5 Å². The lowest BCUT2D eigenvalue weighted by Crippen LogP contribution is -2.38. The molecule has 2 rings (SSSR count). The van der Waals surface area contributed by atoms with Gasteiger partial charge in [-0.3, -0.25) is 0 Å². The molecule has 0 aliphatic rings. The van der Waals surface area contributed by atoms with E-state index in [0.29, 0.717) is 29.7 Å². The zero-order valence-corrected chi connectivity index (χ0v) is 13.7. The zero-order chi connectivity index (χ0) is 16.8. The number of nitrogens with zero attached hydrogens (tertiary/aromatic N) is 2. The van der Waals surface area contributed by atoms with Crippen LogP contribution in [0.2, 0.25) is 5.02 Å². The van der Waals surface area contributed by atoms with Crippen molar-refractivity contribution < 1.29 is 14.4 Å². The highest BCUT2D eigenvalue weighted by Gasteiger charge is 2.16. The molecule has 0 aliphatic carbocycles. The number of aromatic nitrogens is 2. The molecule has 0 aliphatic heterocycles. The predicted octanol–water partition coefficient (Wildman–Crippen LogP) is 2.52. The van der Waals surface area contributed by atoms with Crippen LogP contribution in [0.15, 0.2) is 28.8 Å². The van der Waals surface area contributed by atoms with Crippen molar-refractivity contribution in [3.05, 3.63) is 35.1 Å². The minimum absolute atomic E-state index is 0.351. The van der Waals surface area contributed by atoms with E-state index in [1.54, 1.807) is 38.1 Å². The largest absolute Gasteiger partial charge is 0.393 e. The number of rotatable bonds is 6. The van der Waals surface area contributed by atoms with Gasteiger partial charge in [0.15, 0.2) is 5.82 Å². The Kier molecular flexibility index (Phi) is 5.95. The van der Waals surface area contributed by atoms with Gasteiger partial charge < -0.3 is 20.3 Å². The van der Waals surface area contributed by atoms with Crippen molar-refractivity contribution in [2.75, 3.05) is 6.54 Å². The first-order valence-corrected chi connectivity index (χ1v) is 7.65. The SMILES string of the molecule is CC(O)CCNC(=O)NC(C)c1noc(-c2ccc(Cl)cc2)n1. The molecule has 0 spiro atoms. The number of carbonyl (C=O) groups excluding carboxylic acids is 1. The second-order valence-electron chi connectivity index (χ2n) is 5.22. The highest BCUT2D eigenvalue weighted by molar-refractivity contribution is 6.30. The molecule has 2 atom stereocenters. The third-order valence-corrected chi connectivity index (χ3v) is 3.37. The van der Waals surface area contributed by atoms with Gasteiger partial charge in [-0.1, -0.05) is 16.8 Å². The van der Waals surface area contributed by atoms with Crippen molar-refractivity contribution in [2.24, 2.45) is 0 Å². The first-order chi connectivity index (χ1) is 11.0. The van der Waals surface area contributed by atoms with E-state index in [1.165, 1.54) is 0 Å². The summed E-state index contributed by atoms with van der Waals surface area (Å²) in [4.78, 5) is 16.0. The average Bonchev–Trinajstić information content (AvgIpc) is 2.97. The summed E-state index contributed by atoms with van der Waals surface area (Å²) in [7, 11) is 0. The Labute approximate surface area is 139 Å². The first-order valence-electron chi connectivity index (χ1n) is 7.27. The predicted molar refractivity (Wildman–Crippen MR) is 86.0 cm³/mol. The molecule has 0 radical (unpaired) electrons. The molecule has 1 aromatic carbocycles. The van der Waals surface area contributed by atoms with Crippen molar-refractivity contribution in [2.45, 2.75) is 32.4 Å². The third-order valence-electron chi connectivity index (χ3n) is 3.12. The molecule has 7 nitrogen and oxygen atoms in total. The Hall–Kier alpha value is -2.12. The van der Waals surface area contributed by atoms with Crippen LogP contribution < -0.4 is 10.6 Å². The normalized spacial score (nSPS) is 13.4. The summed E-state index contributed by atoms with van der Waals surface area (Å²) in [5, 5.41) is 19.0. The Morgan fingerprint density at radius 2 is 2.04 bits per heavy atom. The molecule has 23 heavy (non-hydrogen) atoms. The van der Waals surface area contributed by atoms with Gasteiger partial charge in [0.25, 0.3) is 5.89 Å². The van der Waals surface area contributed by atoms with Crippen LogP contribution >= 0.6 is 11.6 Å². The lowest BCUT2D eigenvalue weighted by atomic mass is 10.2. The quantitative estimate of drug-likeness (QED) is 0.751. The molecule has 8 heteroatoms. The van der Waals surface area contributed by atoms with E-state index in [0.717, 1.165) is 5.56 Å². The number of carbonyl (C=O) groups is 1. The lowest BCUT2D eigenvalue weighted by Gasteiger charge is -2.11. The van der Waals surface area contributed by atoms with Gasteiger partial charge in [-0.2, -0.15) is 4.98 Å². The Morgan fingerprint density at radius 3 is 2.70 bits per heavy atom. The summed E-state index contributed by atoms with van der Waals surface area (Å²) in [5.41, 5.74) is 0.752. The lowest BCUT2D eigenvalue weighted by molar-refractivity contribution is 0.183. The molecule has 0 fully saturated rings. The first kappa shape index (κ1) is 17.2. The van der Waals surface area contributed by atoms with E-state index in [9.17, 15) is 4.79 Å². The topological polar surface area (TPSA) is 100 Å². The fourth-order valence-corrected chi connectivity index (χ4v) is 1.95. The number of halogens is 1. The van der Waals surface area contributed by atoms with Gasteiger partial charge in [0.1, 0.15) is 0 Å². The molecule has 2 unspecified atom stereocenters. The van der Waals surface area contributed by atoms with Gasteiger partial charge in [0.05, 0.1) is 12.1 Å². The summed E-state index contributed by atoms with van der Waals surface area (Å²) in [5.74, 6) is 0.737. The number of hydrogen-bond acceptors (Lipinski definition) is 5. The summed E-state index contributed by atoms with van der Waals surface area (Å²) in [6, 6.07) is 6.26. The van der Waals surface area contributed by atoms with Crippen molar-refractivity contribution in [3.63, 3.8) is 0 Å². The van der Waals surface area contributed by atoms with Crippen LogP contribution in [0.4, 0.5) is 4.79 Å². The van der Waals surface area contributed by atoms with Crippen LogP contribution in [0.25, 0.3) is 11.5 Å². The molecule has 0 saturated heterocycles. The van der Waals surface area contributed by atoms with Gasteiger partial charge in [-0.25, -0.2) is 4.79 Å². The van der Waals surface area contributed by atoms with Crippen molar-refractivity contribution in [1.29, 1.82) is 0 Å². The third kappa shape index (κ3) is 5.22. The Morgan fingerprint density at radius 1 is 1.35 bits per heavy atom. The zero-order valence-electron chi connectivity index (χ0n) is 12.9. The van der Waals surface area contributed by atoms with Crippen LogP contribution in [0.5, 0.6) is 0 Å². The van der Waals surface area contributed by atoms with E-state index in [1.807, 2.05) is 0 Å². The summed E-state index contributed by atoms with van der Waals surface area (Å²) < 4.78 is 5.20. The fourth-order valence-electron chi connectivity index (χ4n) is 1.83. The van der Waals surface area contributed by atoms with E-state index in [-0.39, 0.29) is 6.03 Å². The van der Waals surface area contributed by atoms with Crippen LogP contribution in [0.3, 0.4) is 0 Å². The maximum atomic E-state index is 11.7. The van der Waals surface area contributed by atoms with Crippen LogP contribution in [0, 0.1) is 0 Å². The van der Waals surface area contributed by atoms with Gasteiger partial charge in [-0.15, -0.1) is 0 Å². The number of urea groups is 1. The van der Waals surface area contributed by atoms with E-state index in [4.69, 9.17) is 21.2 Å². The fraction of sp³-hybridized carbons (Fsp3) is 0.400. The second kappa shape index (κ2) is 7.94. The van der Waals surface area contributed by atoms with Gasteiger partial charge >= 0.3 is 6.03 Å². The Balaban J connectivity index is 1.91. The molecule has 3 N–H and O–H groups in total. The molecular weight excluding hydrogens is 320 g/mol. The van der Waals surface area contributed by atoms with Crippen molar-refractivity contribution in [3.8, 4) is 11.5 Å². The number of amides is 2. The van der Waals surface area contributed by atoms with Gasteiger partial charge in [0, 0.05) is 17.1 Å². The minimum atomic E-state index is -0.452. The summed E-state index contributed by atoms with van der Waals surface area (Å²) in [6.07, 6.45) is 0.0388. The number of aliphatic hydroxyl groups is 1. The van der Waals surface area contributed by atoms with E-state index >= 15 is 0 Å². The molecule has 2 aromatic rings. The highest BCUT2D eigenvalue weighted by atomic mass is 35.5. The van der Waals surface area contributed by atoms with Gasteiger partial charge in [0.2, 0.25) is 0 Å². The molecule has 1 aromatic heterocycles. The van der Waals surface area contributed by atoms with Crippen LogP contribution in [-0.4, -0.2) is 33.9 Å². The molecule has 124 valence electrons. The average molecular weight is 339 g/mol. The summed E-state index contributed by atoms with van der Waals surface area (Å²) in [6.45, 7) is 3.81. The highest BCUT2D eigenvalue weighted by Crippen LogP contribution is 2.21. The number of nitrogens with one attached hydrogen (secondary N) is 2. The number of hydrogen-bond donors (Lipinski definition) is 3. The Bertz CT molecular complexity index is 642. The smallest absolute Gasteiger partial charge is 0.315 e. The second-order valence-corrected chi connectivity index (χ2v) is 5.66. The maximum Gasteiger partial charge on any atom is 0.315 e. The van der Waals surface area contributed by atoms with Crippen molar-refractivity contribution >= 4 is 17.6 Å². The standard InChI is InChI=1S/C15H19ClN4O3/c1-9(21)7-8-17-15(22)18-10(2)13-19-14(23-20-13)11-3-5-12(16)6-4-11/h3-6,9-10,21H,7-8H2,1-2H3,(H2,17,18,22). The molecular formula is C15H19ClN4O3. The van der Waals surface area contributed by atoms with E-state index in [2.05, 4.69) is 20.8 Å². The van der Waals surface area contributed by atoms with Crippen LogP contribution in [0.1, 0.15) is 32.1 Å². The van der Waals surface area contributed by atoms with E-state index < -0.39 is 12.1 Å². The minimum Gasteiger partial charge on any atom is -0.393 e. The molecule has 0 bridgehead atoms. The maximum absolute atomic E-state index is 11.7. The number of benzene rings is 1. The molecule has 0 saturated carbocycles. The number of aliphatic hydroxyl groups excluding tert-OH is 1. The molecule has 1 heterocycles. The van der Waals surface area contributed by atoms with Crippen molar-refractivity contribution in [1.82, 2.24) is 20.8 Å².